The molecule has 242 valence electrons. The van der Waals surface area contributed by atoms with E-state index in [1.165, 1.54) is 64.2 Å². The minimum atomic E-state index is -1.03. The highest BCUT2D eigenvalue weighted by Crippen LogP contribution is 2.13. The third-order valence-electron chi connectivity index (χ3n) is 7.62. The minimum Gasteiger partial charge on any atom is -0.370 e. The summed E-state index contributed by atoms with van der Waals surface area (Å²) in [4.78, 5) is 53.2. The van der Waals surface area contributed by atoms with E-state index in [2.05, 4.69) is 22.5 Å². The number of primary amides is 2. The van der Waals surface area contributed by atoms with Crippen molar-refractivity contribution >= 4 is 29.3 Å². The number of benzene rings is 1. The van der Waals surface area contributed by atoms with Crippen molar-refractivity contribution in [3.8, 4) is 0 Å². The number of aryl methyl sites for hydroxylation is 1. The molecule has 0 radical (unpaired) electrons. The van der Waals surface area contributed by atoms with Crippen LogP contribution in [-0.2, 0) is 25.6 Å². The maximum absolute atomic E-state index is 13.2. The van der Waals surface area contributed by atoms with E-state index in [9.17, 15) is 19.2 Å². The van der Waals surface area contributed by atoms with Crippen LogP contribution < -0.4 is 22.1 Å². The molecule has 0 spiro atoms. The van der Waals surface area contributed by atoms with Crippen LogP contribution in [0.5, 0.6) is 0 Å². The van der Waals surface area contributed by atoms with Gasteiger partial charge in [0.05, 0.1) is 6.54 Å². The topological polar surface area (TPSA) is 157 Å². The smallest absolute Gasteiger partial charge is 0.245 e. The summed E-state index contributed by atoms with van der Waals surface area (Å²) in [7, 11) is 0. The highest BCUT2D eigenvalue weighted by atomic mass is 16.2. The van der Waals surface area contributed by atoms with Gasteiger partial charge in [0.1, 0.15) is 12.1 Å². The molecule has 1 aromatic rings. The molecule has 6 N–H and O–H groups in total. The maximum Gasteiger partial charge on any atom is 0.245 e. The Kier molecular flexibility index (Phi) is 20.4. The zero-order chi connectivity index (χ0) is 31.9. The average Bonchev–Trinajstić information content (AvgIpc) is 2.97. The summed E-state index contributed by atoms with van der Waals surface area (Å²) in [6, 6.07) is 5.90. The molecular weight excluding hydrogens is 542 g/mol. The fourth-order valence-corrected chi connectivity index (χ4v) is 4.91. The second kappa shape index (κ2) is 23.3. The fraction of sp³-hybridized carbons (Fsp3) is 0.676. The molecule has 0 aromatic heterocycles. The number of rotatable bonds is 25. The number of nitrogens with two attached hydrogens (primary N) is 2. The lowest BCUT2D eigenvalue weighted by Crippen LogP contribution is -2.48. The van der Waals surface area contributed by atoms with E-state index in [0.717, 1.165) is 30.4 Å². The molecule has 0 bridgehead atoms. The molecule has 9 nitrogen and oxygen atoms in total. The summed E-state index contributed by atoms with van der Waals surface area (Å²) in [5.74, 6) is -1.84. The Morgan fingerprint density at radius 3 is 1.84 bits per heavy atom. The summed E-state index contributed by atoms with van der Waals surface area (Å²) in [5, 5.41) is 5.53. The molecule has 2 unspecified atom stereocenters. The van der Waals surface area contributed by atoms with E-state index >= 15 is 0 Å². The highest BCUT2D eigenvalue weighted by molar-refractivity contribution is 5.93. The normalized spacial score (nSPS) is 12.9. The monoisotopic (exact) mass is 599 g/mol. The molecule has 0 saturated heterocycles. The van der Waals surface area contributed by atoms with Crippen LogP contribution in [0, 0.1) is 6.92 Å². The van der Waals surface area contributed by atoms with Gasteiger partial charge >= 0.3 is 0 Å². The molecule has 9 heteroatoms. The van der Waals surface area contributed by atoms with Gasteiger partial charge in [-0.3, -0.25) is 24.2 Å². The summed E-state index contributed by atoms with van der Waals surface area (Å²) < 4.78 is 0. The summed E-state index contributed by atoms with van der Waals surface area (Å²) in [6.07, 6.45) is 17.1. The van der Waals surface area contributed by atoms with Crippen LogP contribution in [0.1, 0.15) is 128 Å². The van der Waals surface area contributed by atoms with Crippen molar-refractivity contribution in [2.75, 3.05) is 6.54 Å². The van der Waals surface area contributed by atoms with E-state index in [-0.39, 0.29) is 25.3 Å². The first kappa shape index (κ1) is 37.8. The predicted octanol–water partition coefficient (Wildman–Crippen LogP) is 5.20. The summed E-state index contributed by atoms with van der Waals surface area (Å²) >= 11 is 0. The number of carbonyl (C=O) groups excluding carboxylic acids is 4. The van der Waals surface area contributed by atoms with Gasteiger partial charge in [-0.1, -0.05) is 114 Å². The van der Waals surface area contributed by atoms with Crippen molar-refractivity contribution in [1.82, 2.24) is 10.6 Å². The van der Waals surface area contributed by atoms with Crippen LogP contribution >= 0.6 is 0 Å². The van der Waals surface area contributed by atoms with Gasteiger partial charge < -0.3 is 22.1 Å². The molecule has 43 heavy (non-hydrogen) atoms. The molecule has 0 heterocycles. The fourth-order valence-electron chi connectivity index (χ4n) is 4.91. The minimum absolute atomic E-state index is 0.0195. The number of hydrogen-bond acceptors (Lipinski definition) is 5. The van der Waals surface area contributed by atoms with Crippen molar-refractivity contribution < 1.29 is 19.2 Å². The van der Waals surface area contributed by atoms with E-state index in [0.29, 0.717) is 18.6 Å². The van der Waals surface area contributed by atoms with Crippen LogP contribution in [0.25, 0.3) is 0 Å². The first-order valence-corrected chi connectivity index (χ1v) is 16.4. The SMILES string of the molecule is CCCCCCCCCCCCCCCC(=O)NCC(C)=NC(Cc1ccc(C)cc1)C(=O)NC(CCC(N)=O)C(N)=O. The van der Waals surface area contributed by atoms with Gasteiger partial charge in [-0.05, 0) is 32.3 Å². The van der Waals surface area contributed by atoms with Crippen LogP contribution in [0.15, 0.2) is 29.3 Å². The number of aliphatic imine (C=N–C) groups is 1. The highest BCUT2D eigenvalue weighted by Gasteiger charge is 2.25. The van der Waals surface area contributed by atoms with Gasteiger partial charge in [-0.25, -0.2) is 0 Å². The lowest BCUT2D eigenvalue weighted by Gasteiger charge is -2.19. The second-order valence-corrected chi connectivity index (χ2v) is 11.8. The number of unbranched alkanes of at least 4 members (excludes halogenated alkanes) is 12. The molecule has 0 aliphatic rings. The summed E-state index contributed by atoms with van der Waals surface area (Å²) in [6.45, 7) is 6.23. The Morgan fingerprint density at radius 2 is 1.33 bits per heavy atom. The molecule has 4 amide bonds. The van der Waals surface area contributed by atoms with Crippen molar-refractivity contribution in [3.63, 3.8) is 0 Å². The molecular formula is C34H57N5O4. The quantitative estimate of drug-likeness (QED) is 0.0900. The standard InChI is InChI=1S/C34H57N5O4/c1-4-5-6-7-8-9-10-11-12-13-14-15-16-17-32(41)37-25-27(3)38-30(24-28-20-18-26(2)19-21-28)34(43)39-29(33(36)42)22-23-31(35)40/h18-21,29-30H,4-17,22-25H2,1-3H3,(H2,35,40)(H2,36,42)(H,37,41)(H,39,43). The Bertz CT molecular complexity index is 993. The van der Waals surface area contributed by atoms with Gasteiger partial charge in [0.2, 0.25) is 23.6 Å². The van der Waals surface area contributed by atoms with Crippen LogP contribution in [0.4, 0.5) is 0 Å². The van der Waals surface area contributed by atoms with E-state index in [1.807, 2.05) is 31.2 Å². The van der Waals surface area contributed by atoms with Crippen LogP contribution in [0.3, 0.4) is 0 Å². The lowest BCUT2D eigenvalue weighted by atomic mass is 10.0. The molecule has 0 aliphatic carbocycles. The number of nitrogens with zero attached hydrogens (tertiary/aromatic N) is 1. The third-order valence-corrected chi connectivity index (χ3v) is 7.62. The van der Waals surface area contributed by atoms with Crippen LogP contribution in [-0.4, -0.2) is 48.0 Å². The molecule has 2 atom stereocenters. The predicted molar refractivity (Wildman–Crippen MR) is 175 cm³/mol. The number of amides is 4. The van der Waals surface area contributed by atoms with Gasteiger partial charge in [0.15, 0.2) is 0 Å². The Morgan fingerprint density at radius 1 is 0.791 bits per heavy atom. The van der Waals surface area contributed by atoms with E-state index in [1.54, 1.807) is 6.92 Å². The summed E-state index contributed by atoms with van der Waals surface area (Å²) in [5.41, 5.74) is 13.2. The number of carbonyl (C=O) groups is 4. The molecule has 0 aliphatic heterocycles. The lowest BCUT2D eigenvalue weighted by molar-refractivity contribution is -0.128. The third kappa shape index (κ3) is 19.6. The molecule has 0 saturated carbocycles. The second-order valence-electron chi connectivity index (χ2n) is 11.8. The number of nitrogens with one attached hydrogen (secondary N) is 2. The van der Waals surface area contributed by atoms with E-state index in [4.69, 9.17) is 11.5 Å². The van der Waals surface area contributed by atoms with Crippen molar-refractivity contribution in [3.05, 3.63) is 35.4 Å². The first-order valence-electron chi connectivity index (χ1n) is 16.4. The van der Waals surface area contributed by atoms with Crippen molar-refractivity contribution in [2.45, 2.75) is 142 Å². The van der Waals surface area contributed by atoms with Gasteiger partial charge in [0, 0.05) is 25.0 Å². The largest absolute Gasteiger partial charge is 0.370 e. The Hall–Kier alpha value is -3.23. The van der Waals surface area contributed by atoms with Crippen molar-refractivity contribution in [1.29, 1.82) is 0 Å². The van der Waals surface area contributed by atoms with E-state index < -0.39 is 29.8 Å². The molecule has 1 rings (SSSR count). The van der Waals surface area contributed by atoms with Crippen LogP contribution in [0.2, 0.25) is 0 Å². The van der Waals surface area contributed by atoms with Gasteiger partial charge in [0.25, 0.3) is 0 Å². The zero-order valence-corrected chi connectivity index (χ0v) is 26.9. The van der Waals surface area contributed by atoms with Gasteiger partial charge in [-0.2, -0.15) is 0 Å². The maximum atomic E-state index is 13.2. The Labute approximate surface area is 259 Å². The zero-order valence-electron chi connectivity index (χ0n) is 26.9. The van der Waals surface area contributed by atoms with Gasteiger partial charge in [-0.15, -0.1) is 0 Å². The molecule has 0 fully saturated rings. The Balaban J connectivity index is 2.48. The van der Waals surface area contributed by atoms with Crippen molar-refractivity contribution in [2.24, 2.45) is 16.5 Å². The average molecular weight is 600 g/mol. The first-order chi connectivity index (χ1) is 20.6. The number of hydrogen-bond donors (Lipinski definition) is 4. The molecule has 1 aromatic carbocycles.